The van der Waals surface area contributed by atoms with Crippen molar-refractivity contribution < 1.29 is 26.4 Å². The first kappa shape index (κ1) is 26.2. The van der Waals surface area contributed by atoms with Crippen LogP contribution in [0.3, 0.4) is 0 Å². The Morgan fingerprint density at radius 1 is 1.11 bits per heavy atom. The molecule has 2 aromatic carbocycles. The number of nitrogens with zero attached hydrogens (tertiary/aromatic N) is 1. The molecular formula is C24H24F3N3O4S. The van der Waals surface area contributed by atoms with Crippen LogP contribution in [0.25, 0.3) is 11.1 Å². The number of rotatable bonds is 6. The molecule has 0 radical (unpaired) electrons. The third kappa shape index (κ3) is 5.80. The number of sulfonamides is 1. The average Bonchev–Trinajstić information content (AvgIpc) is 2.76. The van der Waals surface area contributed by atoms with Gasteiger partial charge in [-0.2, -0.15) is 13.2 Å². The zero-order valence-corrected chi connectivity index (χ0v) is 20.0. The summed E-state index contributed by atoms with van der Waals surface area (Å²) in [5.41, 5.74) is -0.763. The Morgan fingerprint density at radius 2 is 1.74 bits per heavy atom. The molecule has 0 fully saturated rings. The van der Waals surface area contributed by atoms with E-state index in [1.807, 2.05) is 13.8 Å². The molecule has 1 aromatic heterocycles. The zero-order chi connectivity index (χ0) is 26.1. The van der Waals surface area contributed by atoms with Gasteiger partial charge < -0.3 is 9.88 Å². The highest BCUT2D eigenvalue weighted by Gasteiger charge is 2.31. The van der Waals surface area contributed by atoms with E-state index in [1.165, 1.54) is 42.6 Å². The van der Waals surface area contributed by atoms with E-state index >= 15 is 0 Å². The third-order valence-corrected chi connectivity index (χ3v) is 6.40. The van der Waals surface area contributed by atoms with E-state index in [0.29, 0.717) is 11.3 Å². The minimum absolute atomic E-state index is 0.00922. The Labute approximate surface area is 200 Å². The van der Waals surface area contributed by atoms with Crippen LogP contribution in [0.4, 0.5) is 13.2 Å². The average molecular weight is 508 g/mol. The van der Waals surface area contributed by atoms with Gasteiger partial charge in [-0.25, -0.2) is 13.6 Å². The maximum Gasteiger partial charge on any atom is 0.416 e. The van der Waals surface area contributed by atoms with Gasteiger partial charge in [0.15, 0.2) is 0 Å². The minimum atomic E-state index is -4.59. The number of carbonyl (C=O) groups is 1. The van der Waals surface area contributed by atoms with Gasteiger partial charge in [0.2, 0.25) is 15.5 Å². The molecule has 35 heavy (non-hydrogen) atoms. The van der Waals surface area contributed by atoms with Gasteiger partial charge in [0.25, 0.3) is 5.91 Å². The lowest BCUT2D eigenvalue weighted by atomic mass is 9.98. The molecule has 1 amide bonds. The van der Waals surface area contributed by atoms with Crippen molar-refractivity contribution in [2.24, 2.45) is 5.14 Å². The Balaban J connectivity index is 2.01. The summed E-state index contributed by atoms with van der Waals surface area (Å²) in [6.07, 6.45) is -3.20. The third-order valence-electron chi connectivity index (χ3n) is 5.47. The highest BCUT2D eigenvalue weighted by Crippen LogP contribution is 2.32. The van der Waals surface area contributed by atoms with Crippen molar-refractivity contribution in [1.82, 2.24) is 9.88 Å². The van der Waals surface area contributed by atoms with Crippen LogP contribution < -0.4 is 15.9 Å². The molecule has 0 bridgehead atoms. The first-order chi connectivity index (χ1) is 16.2. The quantitative estimate of drug-likeness (QED) is 0.525. The fourth-order valence-electron chi connectivity index (χ4n) is 3.69. The number of nitrogens with two attached hydrogens (primary N) is 1. The summed E-state index contributed by atoms with van der Waals surface area (Å²) < 4.78 is 64.2. The van der Waals surface area contributed by atoms with E-state index in [2.05, 4.69) is 5.32 Å². The van der Waals surface area contributed by atoms with Gasteiger partial charge in [-0.05, 0) is 56.2 Å². The first-order valence-corrected chi connectivity index (χ1v) is 12.1. The highest BCUT2D eigenvalue weighted by molar-refractivity contribution is 7.89. The van der Waals surface area contributed by atoms with Gasteiger partial charge in [0.1, 0.15) is 5.56 Å². The second kappa shape index (κ2) is 9.67. The Morgan fingerprint density at radius 3 is 2.29 bits per heavy atom. The molecule has 3 aromatic rings. The van der Waals surface area contributed by atoms with Gasteiger partial charge in [-0.15, -0.1) is 0 Å². The Hall–Kier alpha value is -3.44. The molecule has 0 saturated heterocycles. The standard InChI is InChI=1S/C24H24F3N3O4S/c1-14(2)30-13-20(23(32)29-12-16-7-9-19(10-8-16)35(28,33)34)22(31)21(15(30)3)17-5-4-6-18(11-17)24(25,26)27/h4-11,13-14H,12H2,1-3H3,(H,29,32)(H2,28,33,34). The molecule has 0 atom stereocenters. The van der Waals surface area contributed by atoms with Crippen LogP contribution in [-0.2, 0) is 22.7 Å². The smallest absolute Gasteiger partial charge is 0.348 e. The molecule has 186 valence electrons. The van der Waals surface area contributed by atoms with E-state index < -0.39 is 33.1 Å². The van der Waals surface area contributed by atoms with Crippen LogP contribution in [-0.4, -0.2) is 18.9 Å². The molecule has 11 heteroatoms. The van der Waals surface area contributed by atoms with Gasteiger partial charge in [0, 0.05) is 30.0 Å². The van der Waals surface area contributed by atoms with Crippen LogP contribution in [0, 0.1) is 6.92 Å². The number of carbonyl (C=O) groups excluding carboxylic acids is 1. The highest BCUT2D eigenvalue weighted by atomic mass is 32.2. The largest absolute Gasteiger partial charge is 0.416 e. The van der Waals surface area contributed by atoms with Crippen molar-refractivity contribution in [3.63, 3.8) is 0 Å². The molecule has 3 N–H and O–H groups in total. The topological polar surface area (TPSA) is 111 Å². The lowest BCUT2D eigenvalue weighted by Crippen LogP contribution is -2.31. The lowest BCUT2D eigenvalue weighted by Gasteiger charge is -2.20. The van der Waals surface area contributed by atoms with Gasteiger partial charge in [-0.1, -0.05) is 24.3 Å². The summed E-state index contributed by atoms with van der Waals surface area (Å²) in [5.74, 6) is -0.715. The van der Waals surface area contributed by atoms with E-state index in [9.17, 15) is 31.2 Å². The number of pyridine rings is 1. The molecule has 0 aliphatic rings. The molecule has 0 aliphatic carbocycles. The number of nitrogens with one attached hydrogen (secondary N) is 1. The maximum absolute atomic E-state index is 13.3. The minimum Gasteiger partial charge on any atom is -0.348 e. The predicted molar refractivity (Wildman–Crippen MR) is 125 cm³/mol. The Kier molecular flexibility index (Phi) is 7.23. The second-order valence-electron chi connectivity index (χ2n) is 8.28. The van der Waals surface area contributed by atoms with Crippen LogP contribution in [0.5, 0.6) is 0 Å². The summed E-state index contributed by atoms with van der Waals surface area (Å²) in [6.45, 7) is 5.24. The van der Waals surface area contributed by atoms with Crippen LogP contribution in [0.1, 0.15) is 47.1 Å². The fraction of sp³-hybridized carbons (Fsp3) is 0.250. The van der Waals surface area contributed by atoms with Gasteiger partial charge in [0.05, 0.1) is 10.5 Å². The molecule has 1 heterocycles. The number of hydrogen-bond donors (Lipinski definition) is 2. The van der Waals surface area contributed by atoms with Crippen molar-refractivity contribution in [3.05, 3.63) is 87.3 Å². The second-order valence-corrected chi connectivity index (χ2v) is 9.84. The number of alkyl halides is 3. The number of benzene rings is 2. The summed E-state index contributed by atoms with van der Waals surface area (Å²) in [7, 11) is -3.86. The van der Waals surface area contributed by atoms with Crippen LogP contribution in [0.15, 0.2) is 64.4 Å². The normalized spacial score (nSPS) is 12.1. The van der Waals surface area contributed by atoms with E-state index in [1.54, 1.807) is 11.5 Å². The fourth-order valence-corrected chi connectivity index (χ4v) is 4.20. The molecule has 3 rings (SSSR count). The molecule has 0 spiro atoms. The molecule has 0 aliphatic heterocycles. The number of aromatic nitrogens is 1. The predicted octanol–water partition coefficient (Wildman–Crippen LogP) is 4.00. The lowest BCUT2D eigenvalue weighted by molar-refractivity contribution is -0.137. The van der Waals surface area contributed by atoms with E-state index in [0.717, 1.165) is 12.1 Å². The van der Waals surface area contributed by atoms with Gasteiger partial charge in [-0.3, -0.25) is 9.59 Å². The molecule has 7 nitrogen and oxygen atoms in total. The summed E-state index contributed by atoms with van der Waals surface area (Å²) in [5, 5.41) is 7.67. The summed E-state index contributed by atoms with van der Waals surface area (Å²) in [4.78, 5) is 26.2. The maximum atomic E-state index is 13.3. The number of amides is 1. The van der Waals surface area contributed by atoms with Crippen molar-refractivity contribution in [2.75, 3.05) is 0 Å². The summed E-state index contributed by atoms with van der Waals surface area (Å²) in [6, 6.07) is 9.76. The number of hydrogen-bond acceptors (Lipinski definition) is 4. The molecule has 0 unspecified atom stereocenters. The first-order valence-electron chi connectivity index (χ1n) is 10.5. The van der Waals surface area contributed by atoms with Crippen molar-refractivity contribution in [1.29, 1.82) is 0 Å². The molecular weight excluding hydrogens is 483 g/mol. The zero-order valence-electron chi connectivity index (χ0n) is 19.2. The monoisotopic (exact) mass is 507 g/mol. The van der Waals surface area contributed by atoms with Crippen LogP contribution in [0.2, 0.25) is 0 Å². The van der Waals surface area contributed by atoms with Crippen molar-refractivity contribution >= 4 is 15.9 Å². The SMILES string of the molecule is Cc1c(-c2cccc(C(F)(F)F)c2)c(=O)c(C(=O)NCc2ccc(S(N)(=O)=O)cc2)cn1C(C)C. The number of primary sulfonamides is 1. The van der Waals surface area contributed by atoms with Crippen molar-refractivity contribution in [3.8, 4) is 11.1 Å². The Bertz CT molecular complexity index is 1430. The van der Waals surface area contributed by atoms with E-state index in [-0.39, 0.29) is 34.2 Å². The summed E-state index contributed by atoms with van der Waals surface area (Å²) >= 11 is 0. The van der Waals surface area contributed by atoms with Gasteiger partial charge >= 0.3 is 6.18 Å². The number of halogens is 3. The molecule has 0 saturated carbocycles. The van der Waals surface area contributed by atoms with E-state index in [4.69, 9.17) is 5.14 Å². The van der Waals surface area contributed by atoms with Crippen molar-refractivity contribution in [2.45, 2.75) is 44.4 Å². The van der Waals surface area contributed by atoms with Crippen LogP contribution >= 0.6 is 0 Å².